The molecule has 2 aromatic heterocycles. The number of rotatable bonds is 4. The van der Waals surface area contributed by atoms with E-state index in [4.69, 9.17) is 4.74 Å². The van der Waals surface area contributed by atoms with Gasteiger partial charge in [0.05, 0.1) is 10.9 Å². The molecule has 1 saturated heterocycles. The van der Waals surface area contributed by atoms with E-state index in [1.165, 1.54) is 0 Å². The first kappa shape index (κ1) is 20.7. The molecule has 0 unspecified atom stereocenters. The zero-order valence-corrected chi connectivity index (χ0v) is 16.4. The summed E-state index contributed by atoms with van der Waals surface area (Å²) < 4.78 is 74.3. The van der Waals surface area contributed by atoms with Crippen LogP contribution in [0.2, 0.25) is 0 Å². The van der Waals surface area contributed by atoms with E-state index < -0.39 is 40.3 Å². The number of fused-ring (bicyclic) bond motifs is 1. The number of carbonyl (C=O) groups is 1. The molecular formula is C21H17F5N4O2. The normalized spacial score (nSPS) is 22.5. The number of halogens is 5. The van der Waals surface area contributed by atoms with Gasteiger partial charge in [-0.05, 0) is 31.9 Å². The summed E-state index contributed by atoms with van der Waals surface area (Å²) >= 11 is 0. The number of benzene rings is 1. The van der Waals surface area contributed by atoms with Crippen molar-refractivity contribution in [3.05, 3.63) is 47.8 Å². The first-order valence-corrected chi connectivity index (χ1v) is 9.91. The Balaban J connectivity index is 1.37. The van der Waals surface area contributed by atoms with Crippen molar-refractivity contribution >= 4 is 22.6 Å². The molecule has 1 aliphatic carbocycles. The molecule has 3 N–H and O–H groups in total. The Morgan fingerprint density at radius 1 is 1.22 bits per heavy atom. The van der Waals surface area contributed by atoms with Gasteiger partial charge in [-0.2, -0.15) is 13.2 Å². The van der Waals surface area contributed by atoms with Crippen LogP contribution in [0.25, 0.3) is 11.0 Å². The van der Waals surface area contributed by atoms with Crippen molar-refractivity contribution in [2.24, 2.45) is 5.92 Å². The highest BCUT2D eigenvalue weighted by Gasteiger charge is 2.50. The molecule has 32 heavy (non-hydrogen) atoms. The van der Waals surface area contributed by atoms with Crippen molar-refractivity contribution < 1.29 is 31.5 Å². The van der Waals surface area contributed by atoms with Crippen LogP contribution in [0.15, 0.2) is 30.6 Å². The lowest BCUT2D eigenvalue weighted by molar-refractivity contribution is -0.136. The van der Waals surface area contributed by atoms with Gasteiger partial charge in [-0.25, -0.2) is 13.8 Å². The molecular weight excluding hydrogens is 435 g/mol. The number of hydrogen-bond acceptors (Lipinski definition) is 4. The summed E-state index contributed by atoms with van der Waals surface area (Å²) in [6.07, 6.45) is -0.519. The number of alkyl halides is 3. The second-order valence-corrected chi connectivity index (χ2v) is 8.16. The molecule has 5 rings (SSSR count). The van der Waals surface area contributed by atoms with Crippen LogP contribution in [-0.4, -0.2) is 28.0 Å². The van der Waals surface area contributed by atoms with Crippen LogP contribution in [0.5, 0.6) is 11.5 Å². The lowest BCUT2D eigenvalue weighted by Gasteiger charge is -2.54. The molecule has 0 bridgehead atoms. The fraction of sp³-hybridized carbons (Fsp3) is 0.333. The molecule has 1 amide bonds. The summed E-state index contributed by atoms with van der Waals surface area (Å²) in [5, 5.41) is 5.33. The molecule has 3 aromatic rings. The van der Waals surface area contributed by atoms with Gasteiger partial charge in [-0.15, -0.1) is 0 Å². The van der Waals surface area contributed by atoms with Crippen LogP contribution >= 0.6 is 0 Å². The predicted octanol–water partition coefficient (Wildman–Crippen LogP) is 4.73. The van der Waals surface area contributed by atoms with Crippen LogP contribution in [0, 0.1) is 17.6 Å². The van der Waals surface area contributed by atoms with Gasteiger partial charge in [0.15, 0.2) is 17.4 Å². The molecule has 11 heteroatoms. The van der Waals surface area contributed by atoms with Crippen LogP contribution < -0.4 is 15.4 Å². The quantitative estimate of drug-likeness (QED) is 0.500. The largest absolute Gasteiger partial charge is 0.450 e. The summed E-state index contributed by atoms with van der Waals surface area (Å²) in [6, 6.07) is 2.82. The van der Waals surface area contributed by atoms with E-state index in [0.29, 0.717) is 19.0 Å². The molecule has 1 aromatic carbocycles. The third-order valence-corrected chi connectivity index (χ3v) is 6.07. The summed E-state index contributed by atoms with van der Waals surface area (Å²) in [7, 11) is 0. The number of hydrogen-bond donors (Lipinski definition) is 3. The van der Waals surface area contributed by atoms with E-state index in [9.17, 15) is 26.7 Å². The highest BCUT2D eigenvalue weighted by molar-refractivity contribution is 5.93. The monoisotopic (exact) mass is 452 g/mol. The van der Waals surface area contributed by atoms with Crippen molar-refractivity contribution in [2.45, 2.75) is 31.0 Å². The standard InChI is InChI=1S/C21H17F5N4O2/c22-13-5-11(30-19(31)10-7-20(8-10)2-4-29-20)6-14(23)17(13)32-15-1-3-27-18-16(15)12(9-28-18)21(24,25)26/h1,3,5-6,9-10,29H,2,4,7-8H2,(H,27,28)(H,30,31). The Bertz CT molecular complexity index is 1190. The number of aromatic amines is 1. The number of nitrogens with one attached hydrogen (secondary N) is 3. The van der Waals surface area contributed by atoms with Gasteiger partial charge < -0.3 is 20.4 Å². The summed E-state index contributed by atoms with van der Waals surface area (Å²) in [5.41, 5.74) is -1.28. The second kappa shape index (κ2) is 7.16. The maximum Gasteiger partial charge on any atom is 0.418 e. The van der Waals surface area contributed by atoms with Crippen LogP contribution in [0.3, 0.4) is 0 Å². The first-order chi connectivity index (χ1) is 15.2. The first-order valence-electron chi connectivity index (χ1n) is 9.91. The van der Waals surface area contributed by atoms with Gasteiger partial charge in [-0.3, -0.25) is 4.79 Å². The molecule has 2 fully saturated rings. The van der Waals surface area contributed by atoms with Gasteiger partial charge in [-0.1, -0.05) is 0 Å². The number of pyridine rings is 1. The van der Waals surface area contributed by atoms with E-state index in [2.05, 4.69) is 20.6 Å². The Kier molecular flexibility index (Phi) is 4.63. The maximum atomic E-state index is 14.6. The minimum absolute atomic E-state index is 0.0274. The second-order valence-electron chi connectivity index (χ2n) is 8.16. The van der Waals surface area contributed by atoms with Crippen molar-refractivity contribution in [1.82, 2.24) is 15.3 Å². The topological polar surface area (TPSA) is 79.0 Å². The highest BCUT2D eigenvalue weighted by atomic mass is 19.4. The SMILES string of the molecule is O=C(Nc1cc(F)c(Oc2ccnc3[nH]cc(C(F)(F)F)c23)c(F)c1)C1CC2(CCN2)C1. The number of nitrogens with zero attached hydrogens (tertiary/aromatic N) is 1. The van der Waals surface area contributed by atoms with Gasteiger partial charge in [0.1, 0.15) is 11.4 Å². The van der Waals surface area contributed by atoms with Gasteiger partial charge >= 0.3 is 6.18 Å². The summed E-state index contributed by atoms with van der Waals surface area (Å²) in [5.74, 6) is -4.21. The third kappa shape index (κ3) is 3.46. The Morgan fingerprint density at radius 3 is 2.50 bits per heavy atom. The van der Waals surface area contributed by atoms with E-state index in [1.54, 1.807) is 0 Å². The predicted molar refractivity (Wildman–Crippen MR) is 104 cm³/mol. The number of anilines is 1. The Hall–Kier alpha value is -3.21. The fourth-order valence-corrected chi connectivity index (χ4v) is 4.31. The lowest BCUT2D eigenvalue weighted by Crippen LogP contribution is -2.65. The smallest absolute Gasteiger partial charge is 0.418 e. The van der Waals surface area contributed by atoms with Crippen molar-refractivity contribution in [3.8, 4) is 11.5 Å². The van der Waals surface area contributed by atoms with Gasteiger partial charge in [0.2, 0.25) is 5.91 Å². The Morgan fingerprint density at radius 2 is 1.91 bits per heavy atom. The van der Waals surface area contributed by atoms with E-state index >= 15 is 0 Å². The Labute approximate surface area is 178 Å². The minimum Gasteiger partial charge on any atom is -0.450 e. The number of carbonyl (C=O) groups excluding carboxylic acids is 1. The molecule has 6 nitrogen and oxygen atoms in total. The number of aromatic nitrogens is 2. The molecule has 1 spiro atoms. The van der Waals surface area contributed by atoms with Crippen molar-refractivity contribution in [3.63, 3.8) is 0 Å². The lowest BCUT2D eigenvalue weighted by atomic mass is 9.63. The van der Waals surface area contributed by atoms with E-state index in [0.717, 1.165) is 37.4 Å². The number of H-pyrrole nitrogens is 1. The average Bonchev–Trinajstić information content (AvgIpc) is 3.07. The zero-order chi connectivity index (χ0) is 22.7. The molecule has 0 atom stereocenters. The van der Waals surface area contributed by atoms with E-state index in [-0.39, 0.29) is 28.7 Å². The van der Waals surface area contributed by atoms with Crippen molar-refractivity contribution in [1.29, 1.82) is 0 Å². The highest BCUT2D eigenvalue weighted by Crippen LogP contribution is 2.45. The third-order valence-electron chi connectivity index (χ3n) is 6.07. The molecule has 3 heterocycles. The average molecular weight is 452 g/mol. The van der Waals surface area contributed by atoms with Crippen molar-refractivity contribution in [2.75, 3.05) is 11.9 Å². The van der Waals surface area contributed by atoms with Crippen LogP contribution in [0.1, 0.15) is 24.8 Å². The maximum absolute atomic E-state index is 14.6. The molecule has 2 aliphatic rings. The van der Waals surface area contributed by atoms with Gasteiger partial charge in [0, 0.05) is 41.7 Å². The number of ether oxygens (including phenoxy) is 1. The molecule has 168 valence electrons. The summed E-state index contributed by atoms with van der Waals surface area (Å²) in [6.45, 7) is 0.920. The molecule has 1 aliphatic heterocycles. The molecule has 0 radical (unpaired) electrons. The zero-order valence-electron chi connectivity index (χ0n) is 16.4. The van der Waals surface area contributed by atoms with Crippen LogP contribution in [0.4, 0.5) is 27.6 Å². The minimum atomic E-state index is -4.72. The van der Waals surface area contributed by atoms with Gasteiger partial charge in [0.25, 0.3) is 0 Å². The number of amides is 1. The fourth-order valence-electron chi connectivity index (χ4n) is 4.31. The molecule has 1 saturated carbocycles. The van der Waals surface area contributed by atoms with Crippen LogP contribution in [-0.2, 0) is 11.0 Å². The summed E-state index contributed by atoms with van der Waals surface area (Å²) in [4.78, 5) is 18.5. The van der Waals surface area contributed by atoms with E-state index in [1.807, 2.05) is 0 Å².